The van der Waals surface area contributed by atoms with Crippen molar-refractivity contribution in [1.29, 1.82) is 0 Å². The normalized spacial score (nSPS) is 18.0. The summed E-state index contributed by atoms with van der Waals surface area (Å²) >= 11 is 0. The Labute approximate surface area is 168 Å². The number of ether oxygens (including phenoxy) is 2. The number of benzene rings is 1. The minimum Gasteiger partial charge on any atom is -0.422 e. The summed E-state index contributed by atoms with van der Waals surface area (Å²) in [5, 5.41) is 3.39. The molecule has 0 bridgehead atoms. The van der Waals surface area contributed by atoms with E-state index in [0.29, 0.717) is 17.5 Å². The average molecular weight is 388 g/mol. The van der Waals surface area contributed by atoms with Gasteiger partial charge in [-0.25, -0.2) is 0 Å². The highest BCUT2D eigenvalue weighted by atomic mass is 16.6. The van der Waals surface area contributed by atoms with Gasteiger partial charge in [0.25, 0.3) is 0 Å². The lowest BCUT2D eigenvalue weighted by atomic mass is 10.1. The predicted molar refractivity (Wildman–Crippen MR) is 108 cm³/mol. The van der Waals surface area contributed by atoms with Crippen LogP contribution in [-0.4, -0.2) is 24.5 Å². The molecule has 0 unspecified atom stereocenters. The van der Waals surface area contributed by atoms with E-state index in [9.17, 15) is 9.59 Å². The van der Waals surface area contributed by atoms with Crippen LogP contribution in [0.1, 0.15) is 70.8 Å². The molecule has 28 heavy (non-hydrogen) atoms. The third-order valence-corrected chi connectivity index (χ3v) is 5.77. The first-order valence-corrected chi connectivity index (χ1v) is 10.8. The fourth-order valence-electron chi connectivity index (χ4n) is 4.08. The second-order valence-electron chi connectivity index (χ2n) is 8.44. The van der Waals surface area contributed by atoms with Gasteiger partial charge >= 0.3 is 11.9 Å². The molecule has 1 aromatic rings. The molecule has 0 spiro atoms. The molecule has 3 rings (SSSR count). The molecule has 154 valence electrons. The van der Waals surface area contributed by atoms with E-state index in [1.54, 1.807) is 6.07 Å². The molecule has 1 N–H and O–H groups in total. The van der Waals surface area contributed by atoms with Crippen molar-refractivity contribution >= 4 is 11.9 Å². The molecule has 5 heteroatoms. The summed E-state index contributed by atoms with van der Waals surface area (Å²) in [6, 6.07) is 6.00. The van der Waals surface area contributed by atoms with Gasteiger partial charge in [-0.05, 0) is 56.3 Å². The molecule has 0 amide bonds. The van der Waals surface area contributed by atoms with Crippen LogP contribution in [0.2, 0.25) is 0 Å². The zero-order valence-electron chi connectivity index (χ0n) is 17.2. The summed E-state index contributed by atoms with van der Waals surface area (Å²) in [6.07, 6.45) is 8.65. The van der Waals surface area contributed by atoms with Crippen molar-refractivity contribution in [2.24, 2.45) is 11.8 Å². The molecule has 1 aromatic carbocycles. The highest BCUT2D eigenvalue weighted by Crippen LogP contribution is 2.34. The van der Waals surface area contributed by atoms with Crippen molar-refractivity contribution in [2.45, 2.75) is 77.7 Å². The van der Waals surface area contributed by atoms with Crippen LogP contribution in [0, 0.1) is 11.8 Å². The molecule has 2 aliphatic rings. The van der Waals surface area contributed by atoms with Crippen molar-refractivity contribution in [3.8, 4) is 11.5 Å². The number of nitrogens with one attached hydrogen (secondary N) is 1. The average Bonchev–Trinajstić information content (AvgIpc) is 3.37. The summed E-state index contributed by atoms with van der Waals surface area (Å²) in [5.41, 5.74) is 1.06. The molecule has 0 heterocycles. The van der Waals surface area contributed by atoms with Crippen molar-refractivity contribution in [2.75, 3.05) is 6.54 Å². The number of rotatable bonds is 8. The Kier molecular flexibility index (Phi) is 7.49. The summed E-state index contributed by atoms with van der Waals surface area (Å²) < 4.78 is 11.4. The molecule has 0 aromatic heterocycles. The van der Waals surface area contributed by atoms with Gasteiger partial charge in [0, 0.05) is 6.04 Å². The summed E-state index contributed by atoms with van der Waals surface area (Å²) in [6.45, 7) is 5.07. The van der Waals surface area contributed by atoms with E-state index in [2.05, 4.69) is 19.2 Å². The van der Waals surface area contributed by atoms with Gasteiger partial charge in [-0.15, -0.1) is 0 Å². The Morgan fingerprint density at radius 3 is 2.00 bits per heavy atom. The van der Waals surface area contributed by atoms with Gasteiger partial charge in [-0.2, -0.15) is 0 Å². The topological polar surface area (TPSA) is 64.6 Å². The Hall–Kier alpha value is -1.88. The maximum Gasteiger partial charge on any atom is 0.314 e. The van der Waals surface area contributed by atoms with E-state index in [-0.39, 0.29) is 23.8 Å². The van der Waals surface area contributed by atoms with Crippen LogP contribution in [0.3, 0.4) is 0 Å². The van der Waals surface area contributed by atoms with Crippen LogP contribution in [0.4, 0.5) is 0 Å². The van der Waals surface area contributed by atoms with Gasteiger partial charge in [0.2, 0.25) is 0 Å². The number of hydrogen-bond acceptors (Lipinski definition) is 5. The van der Waals surface area contributed by atoms with E-state index in [1.165, 1.54) is 0 Å². The van der Waals surface area contributed by atoms with Crippen LogP contribution < -0.4 is 14.8 Å². The molecule has 0 atom stereocenters. The Bertz CT molecular complexity index is 673. The minimum absolute atomic E-state index is 0.0340. The van der Waals surface area contributed by atoms with Crippen molar-refractivity contribution in [3.05, 3.63) is 23.8 Å². The van der Waals surface area contributed by atoms with E-state index < -0.39 is 0 Å². The van der Waals surface area contributed by atoms with Crippen molar-refractivity contribution in [3.63, 3.8) is 0 Å². The van der Waals surface area contributed by atoms with E-state index in [0.717, 1.165) is 69.9 Å². The highest BCUT2D eigenvalue weighted by molar-refractivity contribution is 5.79. The largest absolute Gasteiger partial charge is 0.422 e. The first-order chi connectivity index (χ1) is 13.5. The van der Waals surface area contributed by atoms with Gasteiger partial charge < -0.3 is 14.8 Å². The lowest BCUT2D eigenvalue weighted by molar-refractivity contribution is -0.141. The van der Waals surface area contributed by atoms with Gasteiger partial charge in [-0.1, -0.05) is 45.6 Å². The number of hydrogen-bond donors (Lipinski definition) is 1. The quantitative estimate of drug-likeness (QED) is 0.528. The lowest BCUT2D eigenvalue weighted by Crippen LogP contribution is -2.25. The smallest absolute Gasteiger partial charge is 0.314 e. The molecule has 2 saturated carbocycles. The minimum atomic E-state index is -0.204. The molecule has 5 nitrogen and oxygen atoms in total. The first-order valence-electron chi connectivity index (χ1n) is 10.8. The second-order valence-corrected chi connectivity index (χ2v) is 8.44. The zero-order chi connectivity index (χ0) is 19.9. The van der Waals surface area contributed by atoms with Gasteiger partial charge in [0.15, 0.2) is 11.5 Å². The van der Waals surface area contributed by atoms with Crippen LogP contribution in [0.5, 0.6) is 11.5 Å². The lowest BCUT2D eigenvalue weighted by Gasteiger charge is -2.16. The van der Waals surface area contributed by atoms with Crippen LogP contribution in [0.25, 0.3) is 0 Å². The highest BCUT2D eigenvalue weighted by Gasteiger charge is 2.28. The molecular weight excluding hydrogens is 354 g/mol. The number of carbonyl (C=O) groups is 2. The molecule has 0 saturated heterocycles. The van der Waals surface area contributed by atoms with E-state index in [1.807, 2.05) is 12.1 Å². The maximum absolute atomic E-state index is 12.5. The first kappa shape index (κ1) is 20.8. The predicted octanol–water partition coefficient (Wildman–Crippen LogP) is 4.42. The Balaban J connectivity index is 1.72. The standard InChI is InChI=1S/C23H33NO4/c1-16(2)24-14-13-17-11-12-20(27-22(25)18-7-3-4-8-18)21(15-17)28-23(26)19-9-5-6-10-19/h11-12,15-16,18-19,24H,3-10,13-14H2,1-2H3. The Morgan fingerprint density at radius 1 is 0.929 bits per heavy atom. The second kappa shape index (κ2) is 10.1. The van der Waals surface area contributed by atoms with Crippen molar-refractivity contribution in [1.82, 2.24) is 5.32 Å². The van der Waals surface area contributed by atoms with Crippen molar-refractivity contribution < 1.29 is 19.1 Å². The molecule has 0 radical (unpaired) electrons. The Morgan fingerprint density at radius 2 is 1.46 bits per heavy atom. The summed E-state index contributed by atoms with van der Waals surface area (Å²) in [4.78, 5) is 25.0. The monoisotopic (exact) mass is 387 g/mol. The van der Waals surface area contributed by atoms with E-state index in [4.69, 9.17) is 9.47 Å². The van der Waals surface area contributed by atoms with E-state index >= 15 is 0 Å². The molecule has 2 aliphatic carbocycles. The molecule has 2 fully saturated rings. The van der Waals surface area contributed by atoms with Gasteiger partial charge in [0.1, 0.15) is 0 Å². The van der Waals surface area contributed by atoms with Crippen LogP contribution in [0.15, 0.2) is 18.2 Å². The number of esters is 2. The maximum atomic E-state index is 12.5. The third kappa shape index (κ3) is 5.81. The third-order valence-electron chi connectivity index (χ3n) is 5.77. The summed E-state index contributed by atoms with van der Waals surface area (Å²) in [5.74, 6) is 0.269. The zero-order valence-corrected chi connectivity index (χ0v) is 17.2. The fourth-order valence-corrected chi connectivity index (χ4v) is 4.08. The fraction of sp³-hybridized carbons (Fsp3) is 0.652. The van der Waals surface area contributed by atoms with Gasteiger partial charge in [-0.3, -0.25) is 9.59 Å². The molecule has 0 aliphatic heterocycles. The molecular formula is C23H33NO4. The van der Waals surface area contributed by atoms with Crippen LogP contribution >= 0.6 is 0 Å². The number of carbonyl (C=O) groups excluding carboxylic acids is 2. The van der Waals surface area contributed by atoms with Gasteiger partial charge in [0.05, 0.1) is 11.8 Å². The SMILES string of the molecule is CC(C)NCCc1ccc(OC(=O)C2CCCC2)c(OC(=O)C2CCCC2)c1. The summed E-state index contributed by atoms with van der Waals surface area (Å²) in [7, 11) is 0. The van der Waals surface area contributed by atoms with Crippen LogP contribution in [-0.2, 0) is 16.0 Å².